The highest BCUT2D eigenvalue weighted by atomic mass is 33.1. The average Bonchev–Trinajstić information content (AvgIpc) is 2.96. The number of nitrogens with zero attached hydrogens (tertiary/aromatic N) is 3. The fraction of sp³-hybridized carbons (Fsp3) is 0. The fourth-order valence-electron chi connectivity index (χ4n) is 1.41. The summed E-state index contributed by atoms with van der Waals surface area (Å²) in [7, 11) is 3.03. The van der Waals surface area contributed by atoms with E-state index in [4.69, 9.17) is 4.42 Å². The van der Waals surface area contributed by atoms with Crippen molar-refractivity contribution in [1.29, 1.82) is 0 Å². The lowest BCUT2D eigenvalue weighted by Gasteiger charge is -1.95. The zero-order valence-electron chi connectivity index (χ0n) is 9.76. The molecule has 0 saturated carbocycles. The number of aromatic nitrogens is 3. The summed E-state index contributed by atoms with van der Waals surface area (Å²) in [5, 5.41) is 8.55. The molecule has 0 saturated heterocycles. The zero-order chi connectivity index (χ0) is 12.9. The van der Waals surface area contributed by atoms with Gasteiger partial charge in [0, 0.05) is 28.1 Å². The van der Waals surface area contributed by atoms with Crippen LogP contribution in [0.4, 0.5) is 0 Å². The van der Waals surface area contributed by atoms with Crippen molar-refractivity contribution in [3.8, 4) is 11.5 Å². The number of hydrogen-bond donors (Lipinski definition) is 0. The second-order valence-corrected chi connectivity index (χ2v) is 5.75. The van der Waals surface area contributed by atoms with E-state index in [1.165, 1.54) is 10.8 Å². The van der Waals surface area contributed by atoms with E-state index in [9.17, 15) is 0 Å². The zero-order valence-corrected chi connectivity index (χ0v) is 11.4. The fourth-order valence-corrected chi connectivity index (χ4v) is 3.07. The Kier molecular flexibility index (Phi) is 3.81. The van der Waals surface area contributed by atoms with Gasteiger partial charge in [-0.2, -0.15) is 0 Å². The first-order valence-corrected chi connectivity index (χ1v) is 7.70. The second kappa shape index (κ2) is 5.90. The van der Waals surface area contributed by atoms with Gasteiger partial charge in [-0.1, -0.05) is 23.3 Å². The smallest absolute Gasteiger partial charge is 0.288 e. The summed E-state index contributed by atoms with van der Waals surface area (Å²) in [6, 6.07) is 13.8. The summed E-state index contributed by atoms with van der Waals surface area (Å²) in [6.07, 6.45) is 3.41. The van der Waals surface area contributed by atoms with Gasteiger partial charge in [0.05, 0.1) is 5.56 Å². The molecule has 4 nitrogen and oxygen atoms in total. The molecule has 0 atom stereocenters. The van der Waals surface area contributed by atoms with Crippen molar-refractivity contribution >= 4 is 21.6 Å². The molecular weight excluding hydrogens is 278 g/mol. The Morgan fingerprint density at radius 2 is 1.79 bits per heavy atom. The van der Waals surface area contributed by atoms with E-state index < -0.39 is 0 Å². The van der Waals surface area contributed by atoms with Crippen molar-refractivity contribution in [2.45, 2.75) is 10.1 Å². The Bertz CT molecular complexity index is 643. The molecule has 0 amide bonds. The molecule has 0 N–H and O–H groups in total. The number of rotatable bonds is 4. The maximum Gasteiger partial charge on any atom is 0.288 e. The molecule has 3 rings (SSSR count). The Balaban J connectivity index is 1.69. The molecule has 1 aromatic carbocycles. The molecule has 0 unspecified atom stereocenters. The van der Waals surface area contributed by atoms with Crippen LogP contribution >= 0.6 is 21.6 Å². The van der Waals surface area contributed by atoms with Crippen LogP contribution in [0.25, 0.3) is 11.5 Å². The van der Waals surface area contributed by atoms with Crippen LogP contribution in [-0.2, 0) is 0 Å². The normalized spacial score (nSPS) is 10.5. The molecule has 2 heterocycles. The number of pyridine rings is 1. The molecular formula is C13H9N3OS2. The van der Waals surface area contributed by atoms with Crippen LogP contribution in [0.1, 0.15) is 0 Å². The molecule has 0 aliphatic heterocycles. The SMILES string of the molecule is c1ccc(SSc2nnc(-c3cccnc3)o2)cc1. The van der Waals surface area contributed by atoms with Crippen LogP contribution in [0.5, 0.6) is 0 Å². The molecule has 2 aromatic heterocycles. The van der Waals surface area contributed by atoms with E-state index in [0.29, 0.717) is 11.1 Å². The molecule has 19 heavy (non-hydrogen) atoms. The molecule has 3 aromatic rings. The highest BCUT2D eigenvalue weighted by Crippen LogP contribution is 2.37. The Labute approximate surface area is 118 Å². The predicted octanol–water partition coefficient (Wildman–Crippen LogP) is 3.93. The van der Waals surface area contributed by atoms with Gasteiger partial charge in [0.2, 0.25) is 5.89 Å². The standard InChI is InChI=1S/C13H9N3OS2/c1-2-6-11(7-3-1)18-19-13-16-15-12(17-13)10-5-4-8-14-9-10/h1-9H. The van der Waals surface area contributed by atoms with Crippen molar-refractivity contribution in [2.24, 2.45) is 0 Å². The Hall–Kier alpha value is -1.79. The van der Waals surface area contributed by atoms with Gasteiger partial charge in [-0.3, -0.25) is 4.98 Å². The first-order valence-electron chi connectivity index (χ1n) is 5.55. The minimum Gasteiger partial charge on any atom is -0.411 e. The molecule has 0 fully saturated rings. The Morgan fingerprint density at radius 3 is 2.58 bits per heavy atom. The number of hydrogen-bond acceptors (Lipinski definition) is 6. The van der Waals surface area contributed by atoms with Crippen LogP contribution in [0.2, 0.25) is 0 Å². The van der Waals surface area contributed by atoms with Gasteiger partial charge in [0.25, 0.3) is 5.22 Å². The summed E-state index contributed by atoms with van der Waals surface area (Å²) in [5.74, 6) is 0.490. The number of benzene rings is 1. The maximum atomic E-state index is 5.57. The quantitative estimate of drug-likeness (QED) is 0.678. The van der Waals surface area contributed by atoms with Crippen LogP contribution in [0, 0.1) is 0 Å². The van der Waals surface area contributed by atoms with E-state index in [1.807, 2.05) is 42.5 Å². The topological polar surface area (TPSA) is 51.8 Å². The van der Waals surface area contributed by atoms with Gasteiger partial charge < -0.3 is 4.42 Å². The third-order valence-corrected chi connectivity index (χ3v) is 4.38. The molecule has 0 aliphatic carbocycles. The summed E-state index contributed by atoms with van der Waals surface area (Å²) < 4.78 is 5.57. The molecule has 94 valence electrons. The van der Waals surface area contributed by atoms with Crippen molar-refractivity contribution in [1.82, 2.24) is 15.2 Å². The summed E-state index contributed by atoms with van der Waals surface area (Å²) >= 11 is 0. The lowest BCUT2D eigenvalue weighted by Crippen LogP contribution is -1.77. The van der Waals surface area contributed by atoms with Crippen LogP contribution in [0.3, 0.4) is 0 Å². The van der Waals surface area contributed by atoms with Gasteiger partial charge in [-0.15, -0.1) is 5.10 Å². The van der Waals surface area contributed by atoms with Crippen LogP contribution < -0.4 is 0 Å². The lowest BCUT2D eigenvalue weighted by atomic mass is 10.3. The Morgan fingerprint density at radius 1 is 0.895 bits per heavy atom. The molecule has 0 bridgehead atoms. The summed E-state index contributed by atoms with van der Waals surface area (Å²) in [5.41, 5.74) is 0.826. The van der Waals surface area contributed by atoms with E-state index in [0.717, 1.165) is 10.5 Å². The van der Waals surface area contributed by atoms with Gasteiger partial charge in [-0.25, -0.2) is 0 Å². The maximum absolute atomic E-state index is 5.57. The van der Waals surface area contributed by atoms with Crippen LogP contribution in [0.15, 0.2) is 69.4 Å². The van der Waals surface area contributed by atoms with Gasteiger partial charge in [0.1, 0.15) is 0 Å². The molecule has 0 radical (unpaired) electrons. The average molecular weight is 287 g/mol. The highest BCUT2D eigenvalue weighted by Gasteiger charge is 2.09. The van der Waals surface area contributed by atoms with E-state index in [1.54, 1.807) is 23.2 Å². The largest absolute Gasteiger partial charge is 0.411 e. The first-order chi connectivity index (χ1) is 9.42. The molecule has 0 aliphatic rings. The first kappa shape index (κ1) is 12.3. The minimum atomic E-state index is 0.490. The molecule has 0 spiro atoms. The van der Waals surface area contributed by atoms with Crippen LogP contribution in [-0.4, -0.2) is 15.2 Å². The van der Waals surface area contributed by atoms with Crippen molar-refractivity contribution in [2.75, 3.05) is 0 Å². The summed E-state index contributed by atoms with van der Waals surface area (Å²) in [4.78, 5) is 5.17. The molecule has 6 heteroatoms. The van der Waals surface area contributed by atoms with Gasteiger partial charge >= 0.3 is 0 Å². The van der Waals surface area contributed by atoms with Crippen molar-refractivity contribution in [3.63, 3.8) is 0 Å². The van der Waals surface area contributed by atoms with Crippen molar-refractivity contribution < 1.29 is 4.42 Å². The predicted molar refractivity (Wildman–Crippen MR) is 75.7 cm³/mol. The van der Waals surface area contributed by atoms with E-state index in [2.05, 4.69) is 15.2 Å². The monoisotopic (exact) mass is 287 g/mol. The van der Waals surface area contributed by atoms with E-state index >= 15 is 0 Å². The second-order valence-electron chi connectivity index (χ2n) is 3.59. The van der Waals surface area contributed by atoms with E-state index in [-0.39, 0.29) is 0 Å². The third-order valence-electron chi connectivity index (χ3n) is 2.27. The summed E-state index contributed by atoms with van der Waals surface area (Å²) in [6.45, 7) is 0. The third kappa shape index (κ3) is 3.15. The minimum absolute atomic E-state index is 0.490. The van der Waals surface area contributed by atoms with Gasteiger partial charge in [0.15, 0.2) is 0 Å². The van der Waals surface area contributed by atoms with Crippen molar-refractivity contribution in [3.05, 3.63) is 54.9 Å². The van der Waals surface area contributed by atoms with Gasteiger partial charge in [-0.05, 0) is 35.1 Å². The highest BCUT2D eigenvalue weighted by molar-refractivity contribution is 8.76. The lowest BCUT2D eigenvalue weighted by molar-refractivity contribution is 0.467.